The lowest BCUT2D eigenvalue weighted by Gasteiger charge is -1.78. The molecule has 0 heterocycles. The Hall–Kier alpha value is 1.05. The zero-order valence-corrected chi connectivity index (χ0v) is 7.15. The van der Waals surface area contributed by atoms with Crippen molar-refractivity contribution in [1.82, 2.24) is 0 Å². The van der Waals surface area contributed by atoms with Gasteiger partial charge < -0.3 is 0 Å². The van der Waals surface area contributed by atoms with Crippen molar-refractivity contribution >= 4 is 36.0 Å². The van der Waals surface area contributed by atoms with Crippen molar-refractivity contribution in [3.05, 3.63) is 0 Å². The van der Waals surface area contributed by atoms with Gasteiger partial charge in [0, 0.05) is 0 Å². The summed E-state index contributed by atoms with van der Waals surface area (Å²) in [5, 5.41) is 0. The van der Waals surface area contributed by atoms with Gasteiger partial charge in [0.25, 0.3) is 0 Å². The van der Waals surface area contributed by atoms with Crippen LogP contribution < -0.4 is 0 Å². The minimum absolute atomic E-state index is 1.04. The van der Waals surface area contributed by atoms with E-state index in [0.717, 1.165) is 5.75 Å². The highest BCUT2D eigenvalue weighted by atomic mass is 33.1. The van der Waals surface area contributed by atoms with E-state index in [1.54, 1.807) is 0 Å². The zero-order valence-electron chi connectivity index (χ0n) is 4.46. The molecule has 0 spiro atoms. The lowest BCUT2D eigenvalue weighted by atomic mass is 10.4. The maximum atomic E-state index is 4.00. The number of hydrogen-bond acceptors (Lipinski definition) is 3. The lowest BCUT2D eigenvalue weighted by molar-refractivity contribution is 0.899. The molecule has 0 radical (unpaired) electrons. The Balaban J connectivity index is 0. The van der Waals surface area contributed by atoms with Gasteiger partial charge in [-0.25, -0.2) is 0 Å². The van der Waals surface area contributed by atoms with Gasteiger partial charge in [-0.15, -0.1) is 23.3 Å². The minimum Gasteiger partial charge on any atom is -0.179 e. The largest absolute Gasteiger partial charge is 0.179 e. The minimum atomic E-state index is 1.04. The van der Waals surface area contributed by atoms with Crippen LogP contribution in [-0.4, -0.2) is 5.75 Å². The van der Waals surface area contributed by atoms with Crippen LogP contribution in [-0.2, 0) is 0 Å². The van der Waals surface area contributed by atoms with Crippen molar-refractivity contribution in [2.45, 2.75) is 19.8 Å². The molecule has 0 saturated carbocycles. The van der Waals surface area contributed by atoms with Crippen LogP contribution in [0.1, 0.15) is 19.8 Å². The molecular weight excluding hydrogens is 144 g/mol. The average Bonchev–Trinajstić information content (AvgIpc) is 1.75. The van der Waals surface area contributed by atoms with Gasteiger partial charge in [0.15, 0.2) is 0 Å². The predicted octanol–water partition coefficient (Wildman–Crippen LogP) is 2.48. The van der Waals surface area contributed by atoms with Crippen LogP contribution in [0.5, 0.6) is 0 Å². The molecule has 0 saturated heterocycles. The number of unbranched alkanes of at least 4 members (excludes halogenated alkanes) is 1. The summed E-state index contributed by atoms with van der Waals surface area (Å²) in [4.78, 5) is 0. The van der Waals surface area contributed by atoms with Gasteiger partial charge >= 0.3 is 0 Å². The standard InChI is InChI=1S/C4H10S.H2S2/c1-2-3-4-5;1-2/h5H,2-4H2,1H3;1-2H. The molecule has 0 nitrogen and oxygen atoms in total. The second kappa shape index (κ2) is 15.7. The lowest BCUT2D eigenvalue weighted by Crippen LogP contribution is -1.65. The van der Waals surface area contributed by atoms with Crippen LogP contribution in [0.25, 0.3) is 0 Å². The molecule has 0 rings (SSSR count). The molecule has 0 N–H and O–H groups in total. The summed E-state index contributed by atoms with van der Waals surface area (Å²) in [5.41, 5.74) is 0. The first-order valence-corrected chi connectivity index (χ1v) is 4.46. The fourth-order valence-corrected chi connectivity index (χ4v) is 0.474. The third-order valence-corrected chi connectivity index (χ3v) is 0.828. The van der Waals surface area contributed by atoms with E-state index in [9.17, 15) is 0 Å². The van der Waals surface area contributed by atoms with Crippen molar-refractivity contribution in [1.29, 1.82) is 0 Å². The van der Waals surface area contributed by atoms with Crippen LogP contribution >= 0.6 is 36.0 Å². The Morgan fingerprint density at radius 2 is 1.71 bits per heavy atom. The Morgan fingerprint density at radius 3 is 1.71 bits per heavy atom. The molecule has 0 aromatic rings. The van der Waals surface area contributed by atoms with Crippen molar-refractivity contribution in [3.8, 4) is 0 Å². The number of thiol groups is 3. The van der Waals surface area contributed by atoms with Crippen molar-refractivity contribution in [3.63, 3.8) is 0 Å². The van der Waals surface area contributed by atoms with Gasteiger partial charge in [0.2, 0.25) is 0 Å². The fraction of sp³-hybridized carbons (Fsp3) is 1.00. The van der Waals surface area contributed by atoms with Crippen LogP contribution in [0, 0.1) is 0 Å². The summed E-state index contributed by atoms with van der Waals surface area (Å²) in [7, 11) is 0. The van der Waals surface area contributed by atoms with Gasteiger partial charge in [0.05, 0.1) is 0 Å². The predicted molar refractivity (Wildman–Crippen MR) is 46.7 cm³/mol. The van der Waals surface area contributed by atoms with E-state index in [-0.39, 0.29) is 0 Å². The Labute approximate surface area is 61.7 Å². The summed E-state index contributed by atoms with van der Waals surface area (Å²) >= 11 is 10.4. The van der Waals surface area contributed by atoms with Gasteiger partial charge in [-0.1, -0.05) is 13.3 Å². The Kier molecular flexibility index (Phi) is 24.6. The van der Waals surface area contributed by atoms with Gasteiger partial charge in [-0.3, -0.25) is 0 Å². The highest BCUT2D eigenvalue weighted by Gasteiger charge is 1.68. The smallest absolute Gasteiger partial charge is 0.00980 e. The third-order valence-electron chi connectivity index (χ3n) is 0.512. The summed E-state index contributed by atoms with van der Waals surface area (Å²) in [6.07, 6.45) is 2.52. The fourth-order valence-electron chi connectivity index (χ4n) is 0.158. The van der Waals surface area contributed by atoms with Gasteiger partial charge in [-0.05, 0) is 12.2 Å². The highest BCUT2D eigenvalue weighted by Crippen LogP contribution is 1.85. The highest BCUT2D eigenvalue weighted by molar-refractivity contribution is 8.59. The van der Waals surface area contributed by atoms with Crippen LogP contribution in [0.3, 0.4) is 0 Å². The van der Waals surface area contributed by atoms with E-state index < -0.39 is 0 Å². The van der Waals surface area contributed by atoms with E-state index in [1.165, 1.54) is 12.8 Å². The first-order chi connectivity index (χ1) is 3.41. The van der Waals surface area contributed by atoms with E-state index >= 15 is 0 Å². The summed E-state index contributed by atoms with van der Waals surface area (Å²) in [6.45, 7) is 2.16. The molecule has 3 heteroatoms. The summed E-state index contributed by atoms with van der Waals surface area (Å²) in [6, 6.07) is 0. The van der Waals surface area contributed by atoms with Crippen molar-refractivity contribution < 1.29 is 0 Å². The summed E-state index contributed by atoms with van der Waals surface area (Å²) < 4.78 is 0. The van der Waals surface area contributed by atoms with Gasteiger partial charge in [0.1, 0.15) is 0 Å². The molecule has 0 fully saturated rings. The molecule has 46 valence electrons. The second-order valence-corrected chi connectivity index (χ2v) is 1.52. The van der Waals surface area contributed by atoms with E-state index in [2.05, 4.69) is 42.9 Å². The first-order valence-electron chi connectivity index (χ1n) is 2.22. The van der Waals surface area contributed by atoms with Crippen molar-refractivity contribution in [2.24, 2.45) is 0 Å². The van der Waals surface area contributed by atoms with Crippen LogP contribution in [0.15, 0.2) is 0 Å². The van der Waals surface area contributed by atoms with E-state index in [4.69, 9.17) is 0 Å². The monoisotopic (exact) mass is 156 g/mol. The molecule has 0 atom stereocenters. The van der Waals surface area contributed by atoms with Crippen molar-refractivity contribution in [2.75, 3.05) is 5.75 Å². The SMILES string of the molecule is CCCCS.SS. The molecule has 0 aliphatic rings. The molecule has 0 aliphatic carbocycles. The van der Waals surface area contributed by atoms with Gasteiger partial charge in [-0.2, -0.15) is 12.6 Å². The van der Waals surface area contributed by atoms with Crippen LogP contribution in [0.4, 0.5) is 0 Å². The molecule has 0 unspecified atom stereocenters. The topological polar surface area (TPSA) is 0 Å². The molecular formula is C4H12S3. The number of hydrogen-bond donors (Lipinski definition) is 3. The Bertz CT molecular complexity index is 14.4. The maximum Gasteiger partial charge on any atom is -0.00980 e. The van der Waals surface area contributed by atoms with Crippen LogP contribution in [0.2, 0.25) is 0 Å². The quantitative estimate of drug-likeness (QED) is 0.397. The molecule has 0 bridgehead atoms. The molecule has 7 heavy (non-hydrogen) atoms. The molecule has 0 aliphatic heterocycles. The number of rotatable bonds is 2. The second-order valence-electron chi connectivity index (χ2n) is 1.08. The normalized spacial score (nSPS) is 6.86. The molecule has 0 aromatic heterocycles. The van der Waals surface area contributed by atoms with E-state index in [1.807, 2.05) is 0 Å². The zero-order chi connectivity index (χ0) is 6.12. The molecule has 0 amide bonds. The van der Waals surface area contributed by atoms with E-state index in [0.29, 0.717) is 0 Å². The Morgan fingerprint density at radius 1 is 1.29 bits per heavy atom. The molecule has 0 aromatic carbocycles. The maximum absolute atomic E-state index is 4.00. The summed E-state index contributed by atoms with van der Waals surface area (Å²) in [5.74, 6) is 1.04. The third kappa shape index (κ3) is 19.3. The average molecular weight is 156 g/mol. The first kappa shape index (κ1) is 10.9.